The maximum Gasteiger partial charge on any atom is 0.152 e. The summed E-state index contributed by atoms with van der Waals surface area (Å²) in [6.45, 7) is 4.11. The Hall–Kier alpha value is -2.26. The van der Waals surface area contributed by atoms with Crippen molar-refractivity contribution in [2.24, 2.45) is 0 Å². The first-order valence-corrected chi connectivity index (χ1v) is 7.16. The summed E-state index contributed by atoms with van der Waals surface area (Å²) in [5.41, 5.74) is 5.47. The molecule has 0 aliphatic heterocycles. The van der Waals surface area contributed by atoms with Gasteiger partial charge in [0.15, 0.2) is 5.82 Å². The van der Waals surface area contributed by atoms with Gasteiger partial charge in [0, 0.05) is 22.3 Å². The fourth-order valence-electron chi connectivity index (χ4n) is 2.30. The zero-order valence-electron chi connectivity index (χ0n) is 11.9. The lowest BCUT2D eigenvalue weighted by Gasteiger charge is -2.06. The molecule has 0 atom stereocenters. The molecule has 0 saturated carbocycles. The molecule has 0 spiro atoms. The highest BCUT2D eigenvalue weighted by molar-refractivity contribution is 6.30. The molecule has 0 aliphatic carbocycles. The summed E-state index contributed by atoms with van der Waals surface area (Å²) in [6.07, 6.45) is 0. The van der Waals surface area contributed by atoms with E-state index >= 15 is 0 Å². The molecule has 106 valence electrons. The van der Waals surface area contributed by atoms with Crippen LogP contribution in [-0.4, -0.2) is 10.2 Å². The van der Waals surface area contributed by atoms with E-state index < -0.39 is 0 Å². The highest BCUT2D eigenvalue weighted by Gasteiger charge is 2.07. The van der Waals surface area contributed by atoms with Crippen LogP contribution in [-0.2, 0) is 0 Å². The van der Waals surface area contributed by atoms with Crippen molar-refractivity contribution in [3.8, 4) is 11.3 Å². The monoisotopic (exact) mass is 297 g/mol. The Kier molecular flexibility index (Phi) is 3.67. The summed E-state index contributed by atoms with van der Waals surface area (Å²) in [4.78, 5) is 0. The number of benzene rings is 2. The third-order valence-electron chi connectivity index (χ3n) is 3.46. The number of aryl methyl sites for hydroxylation is 2. The molecule has 3 nitrogen and oxygen atoms in total. The molecular weight excluding hydrogens is 282 g/mol. The summed E-state index contributed by atoms with van der Waals surface area (Å²) in [5, 5.41) is 11.4. The maximum atomic E-state index is 5.97. The van der Waals surface area contributed by atoms with E-state index in [1.165, 1.54) is 5.56 Å². The predicted octanol–water partition coefficient (Wildman–Crippen LogP) is 5.09. The predicted molar refractivity (Wildman–Crippen MR) is 88.2 cm³/mol. The lowest BCUT2D eigenvalue weighted by molar-refractivity contribution is 1.09. The molecule has 2 N–H and O–H groups in total. The van der Waals surface area contributed by atoms with Crippen LogP contribution < -0.4 is 5.32 Å². The largest absolute Gasteiger partial charge is 0.339 e. The van der Waals surface area contributed by atoms with E-state index in [-0.39, 0.29) is 0 Å². The van der Waals surface area contributed by atoms with Crippen molar-refractivity contribution in [3.63, 3.8) is 0 Å². The number of H-pyrrole nitrogens is 1. The minimum Gasteiger partial charge on any atom is -0.339 e. The van der Waals surface area contributed by atoms with Crippen LogP contribution in [0, 0.1) is 13.8 Å². The fourth-order valence-corrected chi connectivity index (χ4v) is 2.53. The third kappa shape index (κ3) is 2.93. The minimum absolute atomic E-state index is 0.737. The smallest absolute Gasteiger partial charge is 0.152 e. The summed E-state index contributed by atoms with van der Waals surface area (Å²) in [5.74, 6) is 0.790. The Bertz CT molecular complexity index is 777. The molecule has 3 aromatic rings. The summed E-state index contributed by atoms with van der Waals surface area (Å²) < 4.78 is 0. The van der Waals surface area contributed by atoms with Gasteiger partial charge in [-0.2, -0.15) is 5.10 Å². The third-order valence-corrected chi connectivity index (χ3v) is 3.70. The van der Waals surface area contributed by atoms with Crippen molar-refractivity contribution in [2.75, 3.05) is 5.32 Å². The van der Waals surface area contributed by atoms with Gasteiger partial charge in [-0.05, 0) is 43.2 Å². The molecule has 0 unspecified atom stereocenters. The van der Waals surface area contributed by atoms with Crippen LogP contribution in [0.4, 0.5) is 11.5 Å². The van der Waals surface area contributed by atoms with Gasteiger partial charge in [0.2, 0.25) is 0 Å². The van der Waals surface area contributed by atoms with E-state index in [9.17, 15) is 0 Å². The molecule has 0 saturated heterocycles. The van der Waals surface area contributed by atoms with Gasteiger partial charge < -0.3 is 5.32 Å². The van der Waals surface area contributed by atoms with Gasteiger partial charge in [0.1, 0.15) is 0 Å². The molecule has 4 heteroatoms. The Morgan fingerprint density at radius 2 is 1.81 bits per heavy atom. The second kappa shape index (κ2) is 5.62. The number of hydrogen-bond donors (Lipinski definition) is 2. The molecular formula is C17H16ClN3. The molecule has 0 amide bonds. The van der Waals surface area contributed by atoms with Gasteiger partial charge in [-0.15, -0.1) is 0 Å². The van der Waals surface area contributed by atoms with Crippen LogP contribution in [0.5, 0.6) is 0 Å². The molecule has 0 aliphatic rings. The topological polar surface area (TPSA) is 40.7 Å². The summed E-state index contributed by atoms with van der Waals surface area (Å²) >= 11 is 5.97. The van der Waals surface area contributed by atoms with Gasteiger partial charge in [-0.25, -0.2) is 0 Å². The highest BCUT2D eigenvalue weighted by Crippen LogP contribution is 2.26. The SMILES string of the molecule is Cc1cc(Cl)ccc1Nc1cc(-c2ccccc2C)[nH]n1. The second-order valence-corrected chi connectivity index (χ2v) is 5.50. The number of rotatable bonds is 3. The molecule has 2 aromatic carbocycles. The maximum absolute atomic E-state index is 5.97. The van der Waals surface area contributed by atoms with Crippen LogP contribution >= 0.6 is 11.6 Å². The van der Waals surface area contributed by atoms with Crippen LogP contribution in [0.1, 0.15) is 11.1 Å². The average molecular weight is 298 g/mol. The lowest BCUT2D eigenvalue weighted by atomic mass is 10.1. The van der Waals surface area contributed by atoms with Gasteiger partial charge in [-0.1, -0.05) is 35.9 Å². The second-order valence-electron chi connectivity index (χ2n) is 5.07. The zero-order valence-corrected chi connectivity index (χ0v) is 12.7. The zero-order chi connectivity index (χ0) is 14.8. The van der Waals surface area contributed by atoms with Crippen LogP contribution in [0.3, 0.4) is 0 Å². The molecule has 21 heavy (non-hydrogen) atoms. The highest BCUT2D eigenvalue weighted by atomic mass is 35.5. The number of nitrogens with one attached hydrogen (secondary N) is 2. The lowest BCUT2D eigenvalue weighted by Crippen LogP contribution is -1.92. The van der Waals surface area contributed by atoms with Crippen LogP contribution in [0.25, 0.3) is 11.3 Å². The van der Waals surface area contributed by atoms with Crippen LogP contribution in [0.15, 0.2) is 48.5 Å². The van der Waals surface area contributed by atoms with Gasteiger partial charge in [0.25, 0.3) is 0 Å². The van der Waals surface area contributed by atoms with E-state index in [0.29, 0.717) is 0 Å². The fraction of sp³-hybridized carbons (Fsp3) is 0.118. The summed E-state index contributed by atoms with van der Waals surface area (Å²) in [7, 11) is 0. The molecule has 0 radical (unpaired) electrons. The van der Waals surface area contributed by atoms with E-state index in [0.717, 1.165) is 33.3 Å². The number of aromatic nitrogens is 2. The van der Waals surface area contributed by atoms with Crippen molar-refractivity contribution in [3.05, 3.63) is 64.7 Å². The quantitative estimate of drug-likeness (QED) is 0.707. The Labute approximate surface area is 129 Å². The van der Waals surface area contributed by atoms with Crippen molar-refractivity contribution in [1.29, 1.82) is 0 Å². The normalized spacial score (nSPS) is 10.6. The number of aromatic amines is 1. The van der Waals surface area contributed by atoms with E-state index in [1.54, 1.807) is 0 Å². The number of anilines is 2. The Balaban J connectivity index is 1.87. The van der Waals surface area contributed by atoms with E-state index in [4.69, 9.17) is 11.6 Å². The average Bonchev–Trinajstić information content (AvgIpc) is 2.91. The van der Waals surface area contributed by atoms with Crippen molar-refractivity contribution >= 4 is 23.1 Å². The summed E-state index contributed by atoms with van der Waals surface area (Å²) in [6, 6.07) is 16.0. The van der Waals surface area contributed by atoms with Crippen molar-refractivity contribution < 1.29 is 0 Å². The van der Waals surface area contributed by atoms with Gasteiger partial charge in [0.05, 0.1) is 5.69 Å². The van der Waals surface area contributed by atoms with Crippen LogP contribution in [0.2, 0.25) is 5.02 Å². The Morgan fingerprint density at radius 1 is 1.00 bits per heavy atom. The first-order valence-electron chi connectivity index (χ1n) is 6.78. The van der Waals surface area contributed by atoms with Gasteiger partial charge in [-0.3, -0.25) is 5.10 Å². The number of halogens is 1. The van der Waals surface area contributed by atoms with E-state index in [1.807, 2.05) is 43.3 Å². The minimum atomic E-state index is 0.737. The molecule has 0 fully saturated rings. The molecule has 1 heterocycles. The number of hydrogen-bond acceptors (Lipinski definition) is 2. The standard InChI is InChI=1S/C17H16ClN3/c1-11-5-3-4-6-14(11)16-10-17(21-20-16)19-15-8-7-13(18)9-12(15)2/h3-10H,1-2H3,(H2,19,20,21). The molecule has 0 bridgehead atoms. The van der Waals surface area contributed by atoms with E-state index in [2.05, 4.69) is 34.6 Å². The first-order chi connectivity index (χ1) is 10.1. The molecule has 1 aromatic heterocycles. The van der Waals surface area contributed by atoms with Crippen molar-refractivity contribution in [1.82, 2.24) is 10.2 Å². The Morgan fingerprint density at radius 3 is 2.57 bits per heavy atom. The molecule has 3 rings (SSSR count). The van der Waals surface area contributed by atoms with Gasteiger partial charge >= 0.3 is 0 Å². The first kappa shape index (κ1) is 13.7. The van der Waals surface area contributed by atoms with Crippen molar-refractivity contribution in [2.45, 2.75) is 13.8 Å². The number of nitrogens with zero attached hydrogens (tertiary/aromatic N) is 1.